The Balaban J connectivity index is 2.97. The maximum absolute atomic E-state index is 12.1. The number of nitrogen functional groups attached to an aromatic ring is 1. The number of nitrogens with two attached hydrogens (primary N) is 1. The predicted octanol–water partition coefficient (Wildman–Crippen LogP) is 2.49. The zero-order chi connectivity index (χ0) is 15.8. The highest BCUT2D eigenvalue weighted by atomic mass is 16.5. The summed E-state index contributed by atoms with van der Waals surface area (Å²) in [5.74, 6) is 0.277. The van der Waals surface area contributed by atoms with E-state index in [1.807, 2.05) is 13.8 Å². The number of anilines is 2. The van der Waals surface area contributed by atoms with Crippen molar-refractivity contribution in [1.82, 2.24) is 5.32 Å². The van der Waals surface area contributed by atoms with Gasteiger partial charge in [-0.25, -0.2) is 0 Å². The molecule has 5 nitrogen and oxygen atoms in total. The van der Waals surface area contributed by atoms with Gasteiger partial charge in [-0.1, -0.05) is 13.8 Å². The molecule has 1 aromatic rings. The maximum atomic E-state index is 12.1. The van der Waals surface area contributed by atoms with Crippen LogP contribution in [0.5, 0.6) is 0 Å². The lowest BCUT2D eigenvalue weighted by atomic mass is 10.0. The van der Waals surface area contributed by atoms with E-state index in [0.717, 1.165) is 5.69 Å². The van der Waals surface area contributed by atoms with Gasteiger partial charge in [0.05, 0.1) is 18.2 Å². The van der Waals surface area contributed by atoms with Gasteiger partial charge in [0.1, 0.15) is 0 Å². The third-order valence-corrected chi connectivity index (χ3v) is 3.27. The normalized spacial score (nSPS) is 12.2. The number of ether oxygens (including phenoxy) is 1. The van der Waals surface area contributed by atoms with Crippen LogP contribution in [0.4, 0.5) is 11.4 Å². The summed E-state index contributed by atoms with van der Waals surface area (Å²) in [6.07, 6.45) is 0. The highest BCUT2D eigenvalue weighted by Crippen LogP contribution is 2.22. The molecule has 1 atom stereocenters. The van der Waals surface area contributed by atoms with E-state index >= 15 is 0 Å². The van der Waals surface area contributed by atoms with E-state index in [4.69, 9.17) is 10.5 Å². The molecule has 1 amide bonds. The quantitative estimate of drug-likeness (QED) is 0.644. The smallest absolute Gasteiger partial charge is 0.253 e. The molecule has 0 aliphatic carbocycles. The van der Waals surface area contributed by atoms with Crippen LogP contribution in [-0.4, -0.2) is 31.7 Å². The molecule has 0 aromatic heterocycles. The highest BCUT2D eigenvalue weighted by molar-refractivity contribution is 6.00. The summed E-state index contributed by atoms with van der Waals surface area (Å²) in [6, 6.07) is 5.41. The molecule has 21 heavy (non-hydrogen) atoms. The van der Waals surface area contributed by atoms with Gasteiger partial charge in [0.2, 0.25) is 0 Å². The van der Waals surface area contributed by atoms with E-state index in [9.17, 15) is 4.79 Å². The van der Waals surface area contributed by atoms with E-state index in [-0.39, 0.29) is 11.9 Å². The summed E-state index contributed by atoms with van der Waals surface area (Å²) in [4.78, 5) is 12.1. The van der Waals surface area contributed by atoms with Gasteiger partial charge in [-0.05, 0) is 38.0 Å². The molecule has 0 saturated heterocycles. The van der Waals surface area contributed by atoms with Crippen LogP contribution < -0.4 is 16.4 Å². The first-order chi connectivity index (χ1) is 9.99. The topological polar surface area (TPSA) is 76.4 Å². The molecule has 1 unspecified atom stereocenters. The molecule has 0 aliphatic heterocycles. The molecule has 0 saturated carbocycles. The number of rotatable bonds is 8. The third-order valence-electron chi connectivity index (χ3n) is 3.27. The summed E-state index contributed by atoms with van der Waals surface area (Å²) in [5, 5.41) is 6.21. The zero-order valence-corrected chi connectivity index (χ0v) is 13.4. The Labute approximate surface area is 127 Å². The molecule has 0 fully saturated rings. The fourth-order valence-electron chi connectivity index (χ4n) is 1.98. The Bertz CT molecular complexity index is 461. The number of carbonyl (C=O) groups is 1. The van der Waals surface area contributed by atoms with Crippen LogP contribution in [0.25, 0.3) is 0 Å². The largest absolute Gasteiger partial charge is 0.399 e. The summed E-state index contributed by atoms with van der Waals surface area (Å²) in [5.41, 5.74) is 7.83. The van der Waals surface area contributed by atoms with Crippen molar-refractivity contribution in [2.45, 2.75) is 33.7 Å². The number of hydrogen-bond acceptors (Lipinski definition) is 4. The lowest BCUT2D eigenvalue weighted by molar-refractivity contribution is 0.0956. The minimum Gasteiger partial charge on any atom is -0.399 e. The predicted molar refractivity (Wildman–Crippen MR) is 87.6 cm³/mol. The monoisotopic (exact) mass is 293 g/mol. The summed E-state index contributed by atoms with van der Waals surface area (Å²) >= 11 is 0. The number of hydrogen-bond donors (Lipinski definition) is 3. The van der Waals surface area contributed by atoms with Crippen LogP contribution in [0.3, 0.4) is 0 Å². The summed E-state index contributed by atoms with van der Waals surface area (Å²) in [6.45, 7) is 9.97. The Hall–Kier alpha value is -1.75. The molecule has 1 rings (SSSR count). The summed E-state index contributed by atoms with van der Waals surface area (Å²) < 4.78 is 5.51. The van der Waals surface area contributed by atoms with E-state index in [1.165, 1.54) is 0 Å². The minimum absolute atomic E-state index is 0.0982. The second kappa shape index (κ2) is 8.52. The van der Waals surface area contributed by atoms with Gasteiger partial charge in [-0.2, -0.15) is 0 Å². The van der Waals surface area contributed by atoms with Crippen molar-refractivity contribution in [3.8, 4) is 0 Å². The van der Waals surface area contributed by atoms with Gasteiger partial charge in [0, 0.05) is 24.5 Å². The zero-order valence-electron chi connectivity index (χ0n) is 13.4. The molecule has 0 radical (unpaired) electrons. The third kappa shape index (κ3) is 5.27. The van der Waals surface area contributed by atoms with Gasteiger partial charge in [-0.15, -0.1) is 0 Å². The molecule has 118 valence electrons. The first-order valence-corrected chi connectivity index (χ1v) is 7.51. The van der Waals surface area contributed by atoms with Crippen molar-refractivity contribution in [1.29, 1.82) is 0 Å². The van der Waals surface area contributed by atoms with Crippen molar-refractivity contribution in [3.63, 3.8) is 0 Å². The van der Waals surface area contributed by atoms with Crippen molar-refractivity contribution < 1.29 is 9.53 Å². The van der Waals surface area contributed by atoms with E-state index < -0.39 is 0 Å². The Morgan fingerprint density at radius 3 is 2.62 bits per heavy atom. The van der Waals surface area contributed by atoms with E-state index in [1.54, 1.807) is 18.2 Å². The Morgan fingerprint density at radius 1 is 1.33 bits per heavy atom. The first kappa shape index (κ1) is 17.3. The minimum atomic E-state index is -0.0982. The van der Waals surface area contributed by atoms with Crippen molar-refractivity contribution in [2.75, 3.05) is 30.8 Å². The molecule has 0 spiro atoms. The second-order valence-electron chi connectivity index (χ2n) is 5.32. The van der Waals surface area contributed by atoms with Gasteiger partial charge in [-0.3, -0.25) is 4.79 Å². The Kier molecular flexibility index (Phi) is 7.02. The Morgan fingerprint density at radius 2 is 2.05 bits per heavy atom. The summed E-state index contributed by atoms with van der Waals surface area (Å²) in [7, 11) is 0. The highest BCUT2D eigenvalue weighted by Gasteiger charge is 2.17. The lowest BCUT2D eigenvalue weighted by Crippen LogP contribution is -2.32. The number of nitrogens with one attached hydrogen (secondary N) is 2. The van der Waals surface area contributed by atoms with Crippen LogP contribution >= 0.6 is 0 Å². The molecule has 5 heteroatoms. The number of amides is 1. The van der Waals surface area contributed by atoms with Crippen LogP contribution in [-0.2, 0) is 4.74 Å². The first-order valence-electron chi connectivity index (χ1n) is 7.51. The lowest BCUT2D eigenvalue weighted by Gasteiger charge is -2.24. The second-order valence-corrected chi connectivity index (χ2v) is 5.32. The van der Waals surface area contributed by atoms with Crippen molar-refractivity contribution in [2.24, 2.45) is 5.92 Å². The molecule has 0 heterocycles. The van der Waals surface area contributed by atoms with E-state index in [2.05, 4.69) is 24.5 Å². The number of benzene rings is 1. The van der Waals surface area contributed by atoms with Crippen LogP contribution in [0.1, 0.15) is 38.1 Å². The molecular formula is C16H27N3O2. The average Bonchev–Trinajstić information content (AvgIpc) is 2.43. The molecular weight excluding hydrogens is 266 g/mol. The van der Waals surface area contributed by atoms with Gasteiger partial charge >= 0.3 is 0 Å². The SMILES string of the molecule is CCNC(=O)c1ccc(N)cc1NC(COCC)C(C)C. The van der Waals surface area contributed by atoms with Gasteiger partial charge in [0.25, 0.3) is 5.91 Å². The molecule has 0 bridgehead atoms. The van der Waals surface area contributed by atoms with Crippen LogP contribution in [0, 0.1) is 5.92 Å². The van der Waals surface area contributed by atoms with Crippen molar-refractivity contribution >= 4 is 17.3 Å². The number of carbonyl (C=O) groups excluding carboxylic acids is 1. The maximum Gasteiger partial charge on any atom is 0.253 e. The van der Waals surface area contributed by atoms with Crippen molar-refractivity contribution in [3.05, 3.63) is 23.8 Å². The van der Waals surface area contributed by atoms with Crippen LogP contribution in [0.2, 0.25) is 0 Å². The molecule has 0 aliphatic rings. The standard InChI is InChI=1S/C16H27N3O2/c1-5-18-16(20)13-8-7-12(17)9-14(13)19-15(11(3)4)10-21-6-2/h7-9,11,15,19H,5-6,10,17H2,1-4H3,(H,18,20). The fourth-order valence-corrected chi connectivity index (χ4v) is 1.98. The fraction of sp³-hybridized carbons (Fsp3) is 0.562. The van der Waals surface area contributed by atoms with Crippen LogP contribution in [0.15, 0.2) is 18.2 Å². The molecule has 4 N–H and O–H groups in total. The average molecular weight is 293 g/mol. The van der Waals surface area contributed by atoms with Gasteiger partial charge < -0.3 is 21.1 Å². The van der Waals surface area contributed by atoms with Gasteiger partial charge in [0.15, 0.2) is 0 Å². The molecule has 1 aromatic carbocycles. The van der Waals surface area contributed by atoms with E-state index in [0.29, 0.717) is 36.9 Å².